The van der Waals surface area contributed by atoms with Crippen molar-refractivity contribution in [2.24, 2.45) is 5.73 Å². The Morgan fingerprint density at radius 1 is 1.03 bits per heavy atom. The highest BCUT2D eigenvalue weighted by Gasteiger charge is 2.42. The summed E-state index contributed by atoms with van der Waals surface area (Å²) in [7, 11) is 0. The van der Waals surface area contributed by atoms with Gasteiger partial charge >= 0.3 is 0 Å². The normalized spacial score (nSPS) is 18.5. The minimum absolute atomic E-state index is 0.0115. The van der Waals surface area contributed by atoms with E-state index in [1.54, 1.807) is 13.8 Å². The molecule has 0 bridgehead atoms. The van der Waals surface area contributed by atoms with Crippen molar-refractivity contribution in [3.05, 3.63) is 71.3 Å². The molecule has 1 fully saturated rings. The van der Waals surface area contributed by atoms with E-state index in [1.165, 1.54) is 17.5 Å². The van der Waals surface area contributed by atoms with Crippen molar-refractivity contribution in [3.8, 4) is 0 Å². The summed E-state index contributed by atoms with van der Waals surface area (Å²) in [6.07, 6.45) is 4.71. The Hall–Kier alpha value is -2.66. The lowest BCUT2D eigenvalue weighted by molar-refractivity contribution is -0.138. The predicted molar refractivity (Wildman–Crippen MR) is 123 cm³/mol. The average molecular weight is 420 g/mol. The van der Waals surface area contributed by atoms with Crippen LogP contribution in [-0.4, -0.2) is 41.4 Å². The molecule has 3 N–H and O–H groups in total. The van der Waals surface area contributed by atoms with Gasteiger partial charge in [0, 0.05) is 19.5 Å². The van der Waals surface area contributed by atoms with Crippen LogP contribution in [0.1, 0.15) is 49.8 Å². The van der Waals surface area contributed by atoms with Crippen LogP contribution in [0.4, 0.5) is 0 Å². The standard InChI is InChI=1S/C26H33N3O2/c1-25(2,27)24(31)28-22(18-19-8-4-3-5-9-19)23(30)29-16-14-26(15-17-29)13-12-20-10-6-7-11-21(20)26/h3-11,22H,12-18,27H2,1-2H3,(H,28,31)/t22-/m1/s1. The van der Waals surface area contributed by atoms with Crippen molar-refractivity contribution in [2.45, 2.75) is 62.9 Å². The maximum absolute atomic E-state index is 13.5. The summed E-state index contributed by atoms with van der Waals surface area (Å²) < 4.78 is 0. The number of nitrogens with one attached hydrogen (secondary N) is 1. The molecule has 1 aliphatic carbocycles. The molecule has 5 nitrogen and oxygen atoms in total. The Morgan fingerprint density at radius 3 is 2.35 bits per heavy atom. The van der Waals surface area contributed by atoms with E-state index in [0.29, 0.717) is 6.42 Å². The fourth-order valence-corrected chi connectivity index (χ4v) is 5.05. The molecule has 0 saturated carbocycles. The van der Waals surface area contributed by atoms with E-state index < -0.39 is 11.6 Å². The molecule has 5 heteroatoms. The largest absolute Gasteiger partial charge is 0.342 e. The van der Waals surface area contributed by atoms with E-state index >= 15 is 0 Å². The van der Waals surface area contributed by atoms with Crippen LogP contribution < -0.4 is 11.1 Å². The van der Waals surface area contributed by atoms with Gasteiger partial charge in [-0.15, -0.1) is 0 Å². The van der Waals surface area contributed by atoms with E-state index in [0.717, 1.165) is 37.9 Å². The maximum atomic E-state index is 13.5. The molecule has 164 valence electrons. The average Bonchev–Trinajstić information content (AvgIpc) is 3.12. The van der Waals surface area contributed by atoms with Gasteiger partial charge in [0.1, 0.15) is 6.04 Å². The topological polar surface area (TPSA) is 75.4 Å². The van der Waals surface area contributed by atoms with Crippen molar-refractivity contribution in [3.63, 3.8) is 0 Å². The van der Waals surface area contributed by atoms with Crippen molar-refractivity contribution < 1.29 is 9.59 Å². The van der Waals surface area contributed by atoms with Crippen molar-refractivity contribution in [2.75, 3.05) is 13.1 Å². The molecular formula is C26H33N3O2. The number of nitrogens with two attached hydrogens (primary N) is 1. The Balaban J connectivity index is 1.48. The number of hydrogen-bond donors (Lipinski definition) is 2. The number of hydrogen-bond acceptors (Lipinski definition) is 3. The van der Waals surface area contributed by atoms with Gasteiger partial charge in [-0.25, -0.2) is 0 Å². The van der Waals surface area contributed by atoms with Gasteiger partial charge < -0.3 is 16.0 Å². The van der Waals surface area contributed by atoms with E-state index in [1.807, 2.05) is 35.2 Å². The smallest absolute Gasteiger partial charge is 0.245 e. The van der Waals surface area contributed by atoms with Crippen LogP contribution >= 0.6 is 0 Å². The minimum atomic E-state index is -1.03. The summed E-state index contributed by atoms with van der Waals surface area (Å²) in [4.78, 5) is 28.0. The summed E-state index contributed by atoms with van der Waals surface area (Å²) in [5.74, 6) is -0.317. The third kappa shape index (κ3) is 4.52. The lowest BCUT2D eigenvalue weighted by Crippen LogP contribution is -2.58. The first-order valence-corrected chi connectivity index (χ1v) is 11.3. The van der Waals surface area contributed by atoms with E-state index in [2.05, 4.69) is 29.6 Å². The summed E-state index contributed by atoms with van der Waals surface area (Å²) in [5, 5.41) is 2.92. The molecule has 1 atom stereocenters. The van der Waals surface area contributed by atoms with Gasteiger partial charge in [0.25, 0.3) is 0 Å². The van der Waals surface area contributed by atoms with Crippen molar-refractivity contribution in [1.82, 2.24) is 10.2 Å². The summed E-state index contributed by atoms with van der Waals surface area (Å²) in [6.45, 7) is 4.77. The molecule has 4 rings (SSSR count). The highest BCUT2D eigenvalue weighted by Crippen LogP contribution is 2.46. The van der Waals surface area contributed by atoms with Gasteiger partial charge in [0.05, 0.1) is 5.54 Å². The minimum Gasteiger partial charge on any atom is -0.342 e. The van der Waals surface area contributed by atoms with E-state index in [9.17, 15) is 9.59 Å². The van der Waals surface area contributed by atoms with Gasteiger partial charge in [-0.2, -0.15) is 0 Å². The van der Waals surface area contributed by atoms with Crippen LogP contribution in [-0.2, 0) is 27.8 Å². The fraction of sp³-hybridized carbons (Fsp3) is 0.462. The molecule has 31 heavy (non-hydrogen) atoms. The number of benzene rings is 2. The Labute approximate surface area is 185 Å². The lowest BCUT2D eigenvalue weighted by atomic mass is 9.74. The van der Waals surface area contributed by atoms with Crippen LogP contribution in [0, 0.1) is 0 Å². The molecule has 1 aliphatic heterocycles. The van der Waals surface area contributed by atoms with Crippen LogP contribution in [0.2, 0.25) is 0 Å². The monoisotopic (exact) mass is 419 g/mol. The molecular weight excluding hydrogens is 386 g/mol. The predicted octanol–water partition coefficient (Wildman–Crippen LogP) is 2.96. The van der Waals surface area contributed by atoms with Crippen LogP contribution in [0.3, 0.4) is 0 Å². The van der Waals surface area contributed by atoms with Crippen molar-refractivity contribution in [1.29, 1.82) is 0 Å². The summed E-state index contributed by atoms with van der Waals surface area (Å²) in [5.41, 5.74) is 9.11. The molecule has 0 unspecified atom stereocenters. The Bertz CT molecular complexity index is 941. The maximum Gasteiger partial charge on any atom is 0.245 e. The zero-order valence-electron chi connectivity index (χ0n) is 18.6. The van der Waals surface area contributed by atoms with Gasteiger partial charge in [-0.3, -0.25) is 9.59 Å². The molecule has 2 aromatic carbocycles. The number of aryl methyl sites for hydroxylation is 1. The first-order chi connectivity index (χ1) is 14.8. The summed E-state index contributed by atoms with van der Waals surface area (Å²) in [6, 6.07) is 18.0. The van der Waals surface area contributed by atoms with Gasteiger partial charge in [-0.05, 0) is 61.6 Å². The molecule has 1 saturated heterocycles. The Kier molecular flexibility index (Phi) is 5.89. The second kappa shape index (κ2) is 8.46. The number of rotatable bonds is 5. The summed E-state index contributed by atoms with van der Waals surface area (Å²) >= 11 is 0. The second-order valence-electron chi connectivity index (χ2n) is 9.70. The van der Waals surface area contributed by atoms with Gasteiger partial charge in [-0.1, -0.05) is 54.6 Å². The molecule has 2 aliphatic rings. The fourth-order valence-electron chi connectivity index (χ4n) is 5.05. The zero-order chi connectivity index (χ0) is 22.1. The molecule has 1 heterocycles. The third-order valence-electron chi connectivity index (χ3n) is 6.97. The van der Waals surface area contributed by atoms with Gasteiger partial charge in [0.15, 0.2) is 0 Å². The second-order valence-corrected chi connectivity index (χ2v) is 9.70. The number of amides is 2. The molecule has 2 aromatic rings. The van der Waals surface area contributed by atoms with E-state index in [4.69, 9.17) is 5.73 Å². The lowest BCUT2D eigenvalue weighted by Gasteiger charge is -2.41. The molecule has 1 spiro atoms. The first kappa shape index (κ1) is 21.6. The first-order valence-electron chi connectivity index (χ1n) is 11.3. The quantitative estimate of drug-likeness (QED) is 0.782. The number of fused-ring (bicyclic) bond motifs is 2. The SMILES string of the molecule is CC(C)(N)C(=O)N[C@H](Cc1ccccc1)C(=O)N1CCC2(CCc3ccccc32)CC1. The Morgan fingerprint density at radius 2 is 1.68 bits per heavy atom. The number of piperidine rings is 1. The molecule has 0 radical (unpaired) electrons. The number of likely N-dealkylation sites (tertiary alicyclic amines) is 1. The molecule has 0 aromatic heterocycles. The zero-order valence-corrected chi connectivity index (χ0v) is 18.6. The van der Waals surface area contributed by atoms with Crippen molar-refractivity contribution >= 4 is 11.8 Å². The third-order valence-corrected chi connectivity index (χ3v) is 6.97. The van der Waals surface area contributed by atoms with E-state index in [-0.39, 0.29) is 17.2 Å². The van der Waals surface area contributed by atoms with Crippen LogP contribution in [0.25, 0.3) is 0 Å². The number of carbonyl (C=O) groups is 2. The highest BCUT2D eigenvalue weighted by molar-refractivity contribution is 5.91. The molecule has 2 amide bonds. The van der Waals surface area contributed by atoms with Crippen LogP contribution in [0.15, 0.2) is 54.6 Å². The van der Waals surface area contributed by atoms with Gasteiger partial charge in [0.2, 0.25) is 11.8 Å². The number of nitrogens with zero attached hydrogens (tertiary/aromatic N) is 1. The number of carbonyl (C=O) groups excluding carboxylic acids is 2. The highest BCUT2D eigenvalue weighted by atomic mass is 16.2. The van der Waals surface area contributed by atoms with Crippen LogP contribution in [0.5, 0.6) is 0 Å².